The Kier molecular flexibility index (Phi) is 11.6. The summed E-state index contributed by atoms with van der Waals surface area (Å²) in [5, 5.41) is 24.8. The second kappa shape index (κ2) is 13.6. The van der Waals surface area contributed by atoms with Crippen molar-refractivity contribution in [3.63, 3.8) is 0 Å². The van der Waals surface area contributed by atoms with E-state index in [1.54, 1.807) is 28.8 Å². The number of carboxylic acid groups (broad SMARTS) is 1. The average molecular weight is 533 g/mol. The number of halogens is 3. The zero-order chi connectivity index (χ0) is 26.1. The van der Waals surface area contributed by atoms with Gasteiger partial charge in [-0.2, -0.15) is 13.2 Å². The van der Waals surface area contributed by atoms with Gasteiger partial charge >= 0.3 is 12.1 Å². The highest BCUT2D eigenvalue weighted by atomic mass is 32.2. The molecule has 0 bridgehead atoms. The molecule has 1 atom stereocenters. The van der Waals surface area contributed by atoms with E-state index in [2.05, 4.69) is 30.6 Å². The summed E-state index contributed by atoms with van der Waals surface area (Å²) in [4.78, 5) is 12.5. The van der Waals surface area contributed by atoms with E-state index in [0.29, 0.717) is 17.0 Å². The van der Waals surface area contributed by atoms with Crippen LogP contribution in [0.4, 0.5) is 13.2 Å². The lowest BCUT2D eigenvalue weighted by Crippen LogP contribution is -2.45. The largest absolute Gasteiger partial charge is 0.481 e. The fourth-order valence-corrected chi connectivity index (χ4v) is 5.43. The molecule has 0 saturated carbocycles. The number of alkyl halides is 3. The molecule has 0 amide bonds. The van der Waals surface area contributed by atoms with Gasteiger partial charge in [-0.05, 0) is 100 Å². The van der Waals surface area contributed by atoms with Crippen molar-refractivity contribution in [2.45, 2.75) is 75.1 Å². The number of nitrogens with one attached hydrogen (secondary N) is 1. The molecule has 0 radical (unpaired) electrons. The number of aliphatic hydroxyl groups excluding tert-OH is 1. The number of rotatable bonds is 15. The number of hydrogen-bond acceptors (Lipinski definition) is 6. The third kappa shape index (κ3) is 11.8. The number of carbonyl (C=O) groups is 1. The van der Waals surface area contributed by atoms with E-state index in [-0.39, 0.29) is 31.3 Å². The molecule has 196 valence electrons. The van der Waals surface area contributed by atoms with Crippen molar-refractivity contribution < 1.29 is 28.2 Å². The molecule has 35 heavy (non-hydrogen) atoms. The lowest BCUT2D eigenvalue weighted by Gasteiger charge is -2.29. The molecule has 0 aliphatic carbocycles. The Bertz CT molecular complexity index is 921. The molecule has 1 aromatic heterocycles. The van der Waals surface area contributed by atoms with Crippen LogP contribution in [0.3, 0.4) is 0 Å². The molecule has 1 aromatic carbocycles. The fraction of sp³-hybridized carbons (Fsp3) is 0.560. The van der Waals surface area contributed by atoms with Crippen LogP contribution in [0.2, 0.25) is 0 Å². The van der Waals surface area contributed by atoms with E-state index in [1.807, 2.05) is 6.07 Å². The first-order valence-electron chi connectivity index (χ1n) is 11.6. The van der Waals surface area contributed by atoms with Gasteiger partial charge in [0.05, 0.1) is 11.7 Å². The molecule has 0 saturated heterocycles. The molecule has 3 N–H and O–H groups in total. The summed E-state index contributed by atoms with van der Waals surface area (Å²) < 4.78 is 41.8. The van der Waals surface area contributed by atoms with Gasteiger partial charge in [0.25, 0.3) is 0 Å². The normalized spacial score (nSPS) is 13.4. The average Bonchev–Trinajstić information content (AvgIpc) is 3.24. The zero-order valence-electron chi connectivity index (χ0n) is 20.4. The highest BCUT2D eigenvalue weighted by Crippen LogP contribution is 2.34. The van der Waals surface area contributed by atoms with Crippen LogP contribution in [0.1, 0.15) is 55.5 Å². The number of likely N-dealkylation sites (N-methyl/N-ethyl adjacent to an activating group) is 1. The standard InChI is InChI=1S/C25H35F3N2O3S2/c1-24(2,11-5-8-21-9-6-12-34-21)29-16-20(31)17-30(3)35-22-14-18(7-4-10-23(32)33)13-19(15-22)25(26,27)28/h6,9,12-15,20,29,31H,4-5,7-8,10-11,16-17H2,1-3H3,(H,32,33)/t20-/m1/s1. The predicted octanol–water partition coefficient (Wildman–Crippen LogP) is 5.87. The predicted molar refractivity (Wildman–Crippen MR) is 136 cm³/mol. The number of thiophene rings is 1. The van der Waals surface area contributed by atoms with E-state index in [4.69, 9.17) is 5.11 Å². The molecule has 2 rings (SSSR count). The Morgan fingerprint density at radius 1 is 1.20 bits per heavy atom. The van der Waals surface area contributed by atoms with E-state index in [0.717, 1.165) is 43.3 Å². The van der Waals surface area contributed by atoms with Crippen LogP contribution in [-0.4, -0.2) is 52.3 Å². The molecule has 0 fully saturated rings. The van der Waals surface area contributed by atoms with Crippen LogP contribution in [0.15, 0.2) is 40.6 Å². The molecule has 0 unspecified atom stereocenters. The minimum Gasteiger partial charge on any atom is -0.481 e. The maximum Gasteiger partial charge on any atom is 0.416 e. The molecule has 5 nitrogen and oxygen atoms in total. The minimum absolute atomic E-state index is 0.0950. The van der Waals surface area contributed by atoms with E-state index in [1.165, 1.54) is 4.88 Å². The third-order valence-corrected chi connectivity index (χ3v) is 7.34. The van der Waals surface area contributed by atoms with Crippen LogP contribution >= 0.6 is 23.3 Å². The Morgan fingerprint density at radius 2 is 1.94 bits per heavy atom. The maximum atomic E-state index is 13.4. The van der Waals surface area contributed by atoms with Crippen molar-refractivity contribution in [2.75, 3.05) is 20.1 Å². The second-order valence-electron chi connectivity index (χ2n) is 9.36. The van der Waals surface area contributed by atoms with Gasteiger partial charge in [0.1, 0.15) is 0 Å². The van der Waals surface area contributed by atoms with Gasteiger partial charge in [-0.15, -0.1) is 11.3 Å². The van der Waals surface area contributed by atoms with Crippen molar-refractivity contribution in [1.82, 2.24) is 9.62 Å². The molecular weight excluding hydrogens is 497 g/mol. The minimum atomic E-state index is -4.49. The van der Waals surface area contributed by atoms with Gasteiger partial charge in [-0.1, -0.05) is 6.07 Å². The summed E-state index contributed by atoms with van der Waals surface area (Å²) in [5.41, 5.74) is -0.452. The second-order valence-corrected chi connectivity index (χ2v) is 11.7. The lowest BCUT2D eigenvalue weighted by molar-refractivity contribution is -0.138. The molecular formula is C25H35F3N2O3S2. The third-order valence-electron chi connectivity index (χ3n) is 5.50. The molecule has 2 aromatic rings. The summed E-state index contributed by atoms with van der Waals surface area (Å²) in [6.07, 6.45) is -1.73. The maximum absolute atomic E-state index is 13.4. The molecule has 0 aliphatic rings. The molecule has 1 heterocycles. The topological polar surface area (TPSA) is 72.8 Å². The van der Waals surface area contributed by atoms with Crippen molar-refractivity contribution in [3.8, 4) is 0 Å². The van der Waals surface area contributed by atoms with E-state index >= 15 is 0 Å². The first-order chi connectivity index (χ1) is 16.3. The smallest absolute Gasteiger partial charge is 0.416 e. The number of aliphatic carboxylic acids is 1. The number of nitrogens with zero attached hydrogens (tertiary/aromatic N) is 1. The van der Waals surface area contributed by atoms with E-state index in [9.17, 15) is 23.1 Å². The van der Waals surface area contributed by atoms with Gasteiger partial charge in [0.2, 0.25) is 0 Å². The summed E-state index contributed by atoms with van der Waals surface area (Å²) >= 11 is 2.89. The molecule has 10 heteroatoms. The summed E-state index contributed by atoms with van der Waals surface area (Å²) in [6, 6.07) is 7.99. The van der Waals surface area contributed by atoms with Crippen molar-refractivity contribution in [3.05, 3.63) is 51.7 Å². The van der Waals surface area contributed by atoms with Gasteiger partial charge in [-0.3, -0.25) is 4.79 Å². The number of aliphatic hydroxyl groups is 1. The van der Waals surface area contributed by atoms with Crippen LogP contribution in [0, 0.1) is 0 Å². The van der Waals surface area contributed by atoms with Crippen molar-refractivity contribution in [2.24, 2.45) is 0 Å². The number of benzene rings is 1. The SMILES string of the molecule is CN(C[C@H](O)CNC(C)(C)CCCc1cccs1)Sc1cc(CCCC(=O)O)cc(C(F)(F)F)c1. The van der Waals surface area contributed by atoms with Crippen LogP contribution in [0.25, 0.3) is 0 Å². The summed E-state index contributed by atoms with van der Waals surface area (Å²) in [7, 11) is 1.73. The first-order valence-corrected chi connectivity index (χ1v) is 13.3. The van der Waals surface area contributed by atoms with Gasteiger partial charge in [-0.25, -0.2) is 4.31 Å². The quantitative estimate of drug-likeness (QED) is 0.249. The van der Waals surface area contributed by atoms with Gasteiger partial charge in [0, 0.05) is 34.8 Å². The highest BCUT2D eigenvalue weighted by Gasteiger charge is 2.31. The number of β-amino-alcohol motifs (C(OH)–C–C–N with tert-alkyl or cyclic N) is 1. The number of carboxylic acids is 1. The number of hydrogen-bond donors (Lipinski definition) is 3. The Hall–Kier alpha value is -1.59. The van der Waals surface area contributed by atoms with E-state index < -0.39 is 23.8 Å². The zero-order valence-corrected chi connectivity index (χ0v) is 22.0. The summed E-state index contributed by atoms with van der Waals surface area (Å²) in [6.45, 7) is 4.84. The van der Waals surface area contributed by atoms with Crippen LogP contribution in [0.5, 0.6) is 0 Å². The van der Waals surface area contributed by atoms with Gasteiger partial charge in [0.15, 0.2) is 0 Å². The van der Waals surface area contributed by atoms with Crippen molar-refractivity contribution >= 4 is 29.3 Å². The Morgan fingerprint density at radius 3 is 2.57 bits per heavy atom. The van der Waals surface area contributed by atoms with Crippen molar-refractivity contribution in [1.29, 1.82) is 0 Å². The summed E-state index contributed by atoms with van der Waals surface area (Å²) in [5.74, 6) is -0.973. The Balaban J connectivity index is 1.86. The van der Waals surface area contributed by atoms with Gasteiger partial charge < -0.3 is 15.5 Å². The monoisotopic (exact) mass is 532 g/mol. The molecule has 0 aliphatic heterocycles. The molecule has 0 spiro atoms. The number of aryl methyl sites for hydroxylation is 2. The van der Waals surface area contributed by atoms with Crippen LogP contribution < -0.4 is 5.32 Å². The highest BCUT2D eigenvalue weighted by molar-refractivity contribution is 7.97. The fourth-order valence-electron chi connectivity index (χ4n) is 3.69. The Labute approximate surface area is 213 Å². The lowest BCUT2D eigenvalue weighted by atomic mass is 9.96. The van der Waals surface area contributed by atoms with Crippen LogP contribution in [-0.2, 0) is 23.8 Å². The first kappa shape index (κ1) is 29.6.